The van der Waals surface area contributed by atoms with Gasteiger partial charge in [-0.1, -0.05) is 24.3 Å². The van der Waals surface area contributed by atoms with Crippen molar-refractivity contribution in [2.75, 3.05) is 7.05 Å². The molecule has 2 rings (SSSR count). The fraction of sp³-hybridized carbons (Fsp3) is 0.143. The van der Waals surface area contributed by atoms with Gasteiger partial charge in [0.1, 0.15) is 0 Å². The van der Waals surface area contributed by atoms with Crippen LogP contribution in [0.3, 0.4) is 0 Å². The summed E-state index contributed by atoms with van der Waals surface area (Å²) in [6.07, 6.45) is -4.41. The minimum Gasteiger partial charge on any atom is -0.214 e. The van der Waals surface area contributed by atoms with Crippen LogP contribution in [0.25, 0.3) is 11.1 Å². The van der Waals surface area contributed by atoms with Crippen LogP contribution in [0, 0.1) is 0 Å². The van der Waals surface area contributed by atoms with Gasteiger partial charge in [-0.15, -0.1) is 0 Å². The molecule has 21 heavy (non-hydrogen) atoms. The third-order valence-corrected chi connectivity index (χ3v) is 4.39. The van der Waals surface area contributed by atoms with Gasteiger partial charge in [0.05, 0.1) is 10.5 Å². The monoisotopic (exact) mass is 315 g/mol. The second-order valence-corrected chi connectivity index (χ2v) is 6.20. The van der Waals surface area contributed by atoms with Crippen molar-refractivity contribution < 1.29 is 21.6 Å². The number of nitrogens with one attached hydrogen (secondary N) is 1. The molecule has 0 bridgehead atoms. The molecule has 0 atom stereocenters. The molecule has 0 spiro atoms. The summed E-state index contributed by atoms with van der Waals surface area (Å²) in [6.45, 7) is 0. The van der Waals surface area contributed by atoms with E-state index in [1.165, 1.54) is 43.4 Å². The summed E-state index contributed by atoms with van der Waals surface area (Å²) in [5.74, 6) is 0. The number of sulfonamides is 1. The van der Waals surface area contributed by atoms with Gasteiger partial charge in [-0.3, -0.25) is 0 Å². The van der Waals surface area contributed by atoms with Crippen LogP contribution in [-0.2, 0) is 16.2 Å². The van der Waals surface area contributed by atoms with E-state index in [1.54, 1.807) is 0 Å². The third kappa shape index (κ3) is 3.43. The molecule has 0 saturated heterocycles. The zero-order chi connectivity index (χ0) is 15.7. The van der Waals surface area contributed by atoms with Crippen molar-refractivity contribution in [2.24, 2.45) is 0 Å². The third-order valence-electron chi connectivity index (χ3n) is 2.96. The summed E-state index contributed by atoms with van der Waals surface area (Å²) in [5.41, 5.74) is 0.140. The Bertz CT molecular complexity index is 738. The minimum absolute atomic E-state index is 0.0562. The lowest BCUT2D eigenvalue weighted by Crippen LogP contribution is -2.18. The van der Waals surface area contributed by atoms with Gasteiger partial charge in [-0.2, -0.15) is 13.2 Å². The van der Waals surface area contributed by atoms with E-state index >= 15 is 0 Å². The lowest BCUT2D eigenvalue weighted by molar-refractivity contribution is -0.137. The van der Waals surface area contributed by atoms with Crippen LogP contribution in [-0.4, -0.2) is 15.5 Å². The predicted octanol–water partition coefficient (Wildman–Crippen LogP) is 3.28. The lowest BCUT2D eigenvalue weighted by Gasteiger charge is -2.09. The second kappa shape index (κ2) is 5.50. The van der Waals surface area contributed by atoms with Gasteiger partial charge in [-0.25, -0.2) is 13.1 Å². The molecule has 7 heteroatoms. The van der Waals surface area contributed by atoms with Gasteiger partial charge < -0.3 is 0 Å². The highest BCUT2D eigenvalue weighted by molar-refractivity contribution is 7.89. The maximum absolute atomic E-state index is 12.7. The van der Waals surface area contributed by atoms with E-state index in [-0.39, 0.29) is 4.90 Å². The molecule has 0 aromatic heterocycles. The molecule has 0 saturated carbocycles. The highest BCUT2D eigenvalue weighted by atomic mass is 32.2. The molecule has 0 unspecified atom stereocenters. The highest BCUT2D eigenvalue weighted by Gasteiger charge is 2.30. The standard InChI is InChI=1S/C14H12F3NO2S/c1-18-21(19,20)13-7-5-10(6-8-13)11-3-2-4-12(9-11)14(15,16)17/h2-9,18H,1H3. The Morgan fingerprint density at radius 1 is 0.952 bits per heavy atom. The average Bonchev–Trinajstić information content (AvgIpc) is 2.47. The first-order valence-corrected chi connectivity index (χ1v) is 7.43. The van der Waals surface area contributed by atoms with Gasteiger partial charge >= 0.3 is 6.18 Å². The van der Waals surface area contributed by atoms with Crippen LogP contribution in [0.1, 0.15) is 5.56 Å². The van der Waals surface area contributed by atoms with Crippen LogP contribution in [0.4, 0.5) is 13.2 Å². The molecule has 0 aliphatic rings. The molecule has 2 aromatic carbocycles. The van der Waals surface area contributed by atoms with Crippen molar-refractivity contribution in [2.45, 2.75) is 11.1 Å². The SMILES string of the molecule is CNS(=O)(=O)c1ccc(-c2cccc(C(F)(F)F)c2)cc1. The Kier molecular flexibility index (Phi) is 4.06. The summed E-state index contributed by atoms with van der Waals surface area (Å²) < 4.78 is 63.3. The van der Waals surface area contributed by atoms with Crippen molar-refractivity contribution in [3.8, 4) is 11.1 Å². The van der Waals surface area contributed by atoms with E-state index in [9.17, 15) is 21.6 Å². The first-order valence-electron chi connectivity index (χ1n) is 5.95. The molecular formula is C14H12F3NO2S. The Morgan fingerprint density at radius 3 is 2.10 bits per heavy atom. The molecule has 0 amide bonds. The fourth-order valence-corrected chi connectivity index (χ4v) is 2.55. The normalized spacial score (nSPS) is 12.4. The van der Waals surface area contributed by atoms with E-state index in [0.29, 0.717) is 11.1 Å². The molecule has 3 nitrogen and oxygen atoms in total. The zero-order valence-electron chi connectivity index (χ0n) is 11.0. The first kappa shape index (κ1) is 15.5. The highest BCUT2D eigenvalue weighted by Crippen LogP contribution is 2.32. The number of hydrogen-bond donors (Lipinski definition) is 1. The molecule has 1 N–H and O–H groups in total. The first-order chi connectivity index (χ1) is 9.74. The summed E-state index contributed by atoms with van der Waals surface area (Å²) in [5, 5.41) is 0. The van der Waals surface area contributed by atoms with Gasteiger partial charge in [0.2, 0.25) is 10.0 Å². The lowest BCUT2D eigenvalue weighted by atomic mass is 10.0. The second-order valence-electron chi connectivity index (χ2n) is 4.31. The van der Waals surface area contributed by atoms with Crippen LogP contribution in [0.15, 0.2) is 53.4 Å². The van der Waals surface area contributed by atoms with Crippen molar-refractivity contribution >= 4 is 10.0 Å². The largest absolute Gasteiger partial charge is 0.416 e. The fourth-order valence-electron chi connectivity index (χ4n) is 1.82. The average molecular weight is 315 g/mol. The van der Waals surface area contributed by atoms with Gasteiger partial charge in [0.15, 0.2) is 0 Å². The molecular weight excluding hydrogens is 303 g/mol. The van der Waals surface area contributed by atoms with E-state index in [2.05, 4.69) is 4.72 Å². The van der Waals surface area contributed by atoms with Crippen LogP contribution < -0.4 is 4.72 Å². The molecule has 112 valence electrons. The van der Waals surface area contributed by atoms with E-state index in [0.717, 1.165) is 12.1 Å². The molecule has 0 heterocycles. The van der Waals surface area contributed by atoms with Crippen molar-refractivity contribution in [3.63, 3.8) is 0 Å². The number of halogens is 3. The van der Waals surface area contributed by atoms with Crippen LogP contribution >= 0.6 is 0 Å². The van der Waals surface area contributed by atoms with E-state index < -0.39 is 21.8 Å². The van der Waals surface area contributed by atoms with E-state index in [1.807, 2.05) is 0 Å². The summed E-state index contributed by atoms with van der Waals surface area (Å²) in [7, 11) is -2.27. The molecule has 0 fully saturated rings. The predicted molar refractivity (Wildman–Crippen MR) is 73.1 cm³/mol. The number of rotatable bonds is 3. The molecule has 0 radical (unpaired) electrons. The molecule has 0 aliphatic carbocycles. The quantitative estimate of drug-likeness (QED) is 0.945. The van der Waals surface area contributed by atoms with Crippen LogP contribution in [0.2, 0.25) is 0 Å². The van der Waals surface area contributed by atoms with Crippen LogP contribution in [0.5, 0.6) is 0 Å². The number of alkyl halides is 3. The Hall–Kier alpha value is -1.86. The van der Waals surface area contributed by atoms with Gasteiger partial charge in [0.25, 0.3) is 0 Å². The maximum atomic E-state index is 12.7. The zero-order valence-corrected chi connectivity index (χ0v) is 11.8. The maximum Gasteiger partial charge on any atom is 0.416 e. The molecule has 2 aromatic rings. The minimum atomic E-state index is -4.41. The smallest absolute Gasteiger partial charge is 0.214 e. The summed E-state index contributed by atoms with van der Waals surface area (Å²) >= 11 is 0. The van der Waals surface area contributed by atoms with Crippen molar-refractivity contribution in [1.82, 2.24) is 4.72 Å². The Labute approximate surface area is 120 Å². The summed E-state index contributed by atoms with van der Waals surface area (Å²) in [6, 6.07) is 10.5. The number of benzene rings is 2. The van der Waals surface area contributed by atoms with Crippen molar-refractivity contribution in [3.05, 3.63) is 54.1 Å². The van der Waals surface area contributed by atoms with Gasteiger partial charge in [0, 0.05) is 0 Å². The Balaban J connectivity index is 2.40. The van der Waals surface area contributed by atoms with Crippen molar-refractivity contribution in [1.29, 1.82) is 0 Å². The molecule has 0 aliphatic heterocycles. The Morgan fingerprint density at radius 2 is 1.57 bits per heavy atom. The number of hydrogen-bond acceptors (Lipinski definition) is 2. The van der Waals surface area contributed by atoms with E-state index in [4.69, 9.17) is 0 Å². The topological polar surface area (TPSA) is 46.2 Å². The van der Waals surface area contributed by atoms with Gasteiger partial charge in [-0.05, 0) is 42.4 Å². The summed E-state index contributed by atoms with van der Waals surface area (Å²) in [4.78, 5) is 0.0562.